The van der Waals surface area contributed by atoms with Crippen LogP contribution in [-0.4, -0.2) is 19.1 Å². The number of carbonyl (C=O) groups excluding carboxylic acids is 1. The van der Waals surface area contributed by atoms with Gasteiger partial charge in [-0.2, -0.15) is 0 Å². The van der Waals surface area contributed by atoms with Gasteiger partial charge < -0.3 is 10.1 Å². The number of nitrogens with one attached hydrogen (secondary N) is 1. The number of rotatable bonds is 3. The summed E-state index contributed by atoms with van der Waals surface area (Å²) in [5.41, 5.74) is 1.89. The molecule has 0 radical (unpaired) electrons. The van der Waals surface area contributed by atoms with Crippen LogP contribution in [-0.2, 0) is 4.74 Å². The molecule has 3 heteroatoms. The van der Waals surface area contributed by atoms with Crippen LogP contribution in [0.5, 0.6) is 0 Å². The van der Waals surface area contributed by atoms with Crippen LogP contribution in [0.4, 0.5) is 0 Å². The van der Waals surface area contributed by atoms with Gasteiger partial charge in [0.05, 0.1) is 12.2 Å². The number of hydrogen-bond donors (Lipinski definition) is 1. The fourth-order valence-electron chi connectivity index (χ4n) is 2.43. The minimum Gasteiger partial charge on any atom is -0.462 e. The molecular formula is C15H21NO2. The molecule has 0 saturated carbocycles. The van der Waals surface area contributed by atoms with Gasteiger partial charge in [-0.05, 0) is 49.9 Å². The molecular weight excluding hydrogens is 226 g/mol. The van der Waals surface area contributed by atoms with Crippen molar-refractivity contribution in [3.8, 4) is 0 Å². The molecule has 2 unspecified atom stereocenters. The first-order chi connectivity index (χ1) is 8.70. The van der Waals surface area contributed by atoms with Crippen molar-refractivity contribution in [2.45, 2.75) is 32.7 Å². The second-order valence-corrected chi connectivity index (χ2v) is 4.98. The lowest BCUT2D eigenvalue weighted by atomic mass is 9.90. The highest BCUT2D eigenvalue weighted by atomic mass is 16.5. The maximum absolute atomic E-state index is 11.5. The Kier molecular flexibility index (Phi) is 4.37. The quantitative estimate of drug-likeness (QED) is 0.835. The van der Waals surface area contributed by atoms with Crippen molar-refractivity contribution in [1.29, 1.82) is 0 Å². The Morgan fingerprint density at radius 1 is 1.39 bits per heavy atom. The van der Waals surface area contributed by atoms with E-state index in [4.69, 9.17) is 4.74 Å². The third-order valence-electron chi connectivity index (χ3n) is 3.49. The largest absolute Gasteiger partial charge is 0.462 e. The van der Waals surface area contributed by atoms with Crippen molar-refractivity contribution in [3.63, 3.8) is 0 Å². The zero-order valence-corrected chi connectivity index (χ0v) is 11.1. The molecule has 1 saturated heterocycles. The van der Waals surface area contributed by atoms with Gasteiger partial charge in [-0.1, -0.05) is 19.1 Å². The average Bonchev–Trinajstić information content (AvgIpc) is 2.39. The van der Waals surface area contributed by atoms with Crippen LogP contribution in [0.2, 0.25) is 0 Å². The Balaban J connectivity index is 2.05. The first-order valence-corrected chi connectivity index (χ1v) is 6.71. The van der Waals surface area contributed by atoms with Gasteiger partial charge >= 0.3 is 5.97 Å². The van der Waals surface area contributed by atoms with E-state index >= 15 is 0 Å². The third kappa shape index (κ3) is 3.10. The summed E-state index contributed by atoms with van der Waals surface area (Å²) in [5, 5.41) is 3.52. The van der Waals surface area contributed by atoms with Gasteiger partial charge in [-0.15, -0.1) is 0 Å². The maximum atomic E-state index is 11.5. The Morgan fingerprint density at radius 3 is 2.72 bits per heavy atom. The lowest BCUT2D eigenvalue weighted by molar-refractivity contribution is 0.0526. The van der Waals surface area contributed by atoms with E-state index in [0.717, 1.165) is 12.5 Å². The maximum Gasteiger partial charge on any atom is 0.338 e. The molecule has 98 valence electrons. The van der Waals surface area contributed by atoms with Gasteiger partial charge in [0.15, 0.2) is 0 Å². The first-order valence-electron chi connectivity index (χ1n) is 6.71. The molecule has 0 spiro atoms. The van der Waals surface area contributed by atoms with E-state index in [9.17, 15) is 4.79 Å². The molecule has 1 aliphatic rings. The summed E-state index contributed by atoms with van der Waals surface area (Å²) in [6.07, 6.45) is 2.41. The molecule has 1 aliphatic heterocycles. The zero-order chi connectivity index (χ0) is 13.0. The lowest BCUT2D eigenvalue weighted by Gasteiger charge is -2.28. The van der Waals surface area contributed by atoms with Crippen LogP contribution < -0.4 is 5.32 Å². The normalized spacial score (nSPS) is 23.7. The fraction of sp³-hybridized carbons (Fsp3) is 0.533. The van der Waals surface area contributed by atoms with Crippen LogP contribution in [0.1, 0.15) is 48.7 Å². The Labute approximate surface area is 109 Å². The van der Waals surface area contributed by atoms with Crippen molar-refractivity contribution >= 4 is 5.97 Å². The van der Waals surface area contributed by atoms with Gasteiger partial charge in [0, 0.05) is 6.04 Å². The van der Waals surface area contributed by atoms with E-state index in [-0.39, 0.29) is 5.97 Å². The highest BCUT2D eigenvalue weighted by molar-refractivity contribution is 5.89. The molecule has 0 amide bonds. The van der Waals surface area contributed by atoms with Crippen molar-refractivity contribution in [1.82, 2.24) is 5.32 Å². The Morgan fingerprint density at radius 2 is 2.11 bits per heavy atom. The second-order valence-electron chi connectivity index (χ2n) is 4.98. The molecule has 0 aliphatic carbocycles. The van der Waals surface area contributed by atoms with Gasteiger partial charge in [-0.3, -0.25) is 0 Å². The summed E-state index contributed by atoms with van der Waals surface area (Å²) in [7, 11) is 0. The SMILES string of the molecule is CCOC(=O)c1ccc(C2CC(C)CCN2)cc1. The minimum absolute atomic E-state index is 0.242. The molecule has 1 heterocycles. The molecule has 18 heavy (non-hydrogen) atoms. The monoisotopic (exact) mass is 247 g/mol. The summed E-state index contributed by atoms with van der Waals surface area (Å²) in [4.78, 5) is 11.5. The summed E-state index contributed by atoms with van der Waals surface area (Å²) in [6.45, 7) is 5.61. The van der Waals surface area contributed by atoms with Crippen molar-refractivity contribution in [2.24, 2.45) is 5.92 Å². The van der Waals surface area contributed by atoms with Gasteiger partial charge in [0.25, 0.3) is 0 Å². The molecule has 2 rings (SSSR count). The molecule has 3 nitrogen and oxygen atoms in total. The van der Waals surface area contributed by atoms with Crippen LogP contribution in [0, 0.1) is 5.92 Å². The van der Waals surface area contributed by atoms with Crippen molar-refractivity contribution in [3.05, 3.63) is 35.4 Å². The molecule has 1 aromatic carbocycles. The molecule has 1 N–H and O–H groups in total. The summed E-state index contributed by atoms with van der Waals surface area (Å²) in [5.74, 6) is 0.523. The topological polar surface area (TPSA) is 38.3 Å². The standard InChI is InChI=1S/C15H21NO2/c1-3-18-15(17)13-6-4-12(5-7-13)14-10-11(2)8-9-16-14/h4-7,11,14,16H,3,8-10H2,1-2H3. The first kappa shape index (κ1) is 13.1. The van der Waals surface area contributed by atoms with Crippen LogP contribution in [0.25, 0.3) is 0 Å². The average molecular weight is 247 g/mol. The number of piperidine rings is 1. The molecule has 2 atom stereocenters. The number of hydrogen-bond acceptors (Lipinski definition) is 3. The number of benzene rings is 1. The second kappa shape index (κ2) is 6.01. The molecule has 1 aromatic rings. The van der Waals surface area contributed by atoms with Crippen molar-refractivity contribution < 1.29 is 9.53 Å². The number of ether oxygens (including phenoxy) is 1. The highest BCUT2D eigenvalue weighted by Gasteiger charge is 2.19. The molecule has 0 aromatic heterocycles. The number of esters is 1. The van der Waals surface area contributed by atoms with Crippen LogP contribution in [0.15, 0.2) is 24.3 Å². The van der Waals surface area contributed by atoms with E-state index in [1.807, 2.05) is 31.2 Å². The highest BCUT2D eigenvalue weighted by Crippen LogP contribution is 2.26. The predicted octanol–water partition coefficient (Wildman–Crippen LogP) is 2.92. The Hall–Kier alpha value is -1.35. The minimum atomic E-state index is -0.242. The van der Waals surface area contributed by atoms with E-state index in [1.165, 1.54) is 18.4 Å². The summed E-state index contributed by atoms with van der Waals surface area (Å²) >= 11 is 0. The lowest BCUT2D eigenvalue weighted by Crippen LogP contribution is -2.30. The van der Waals surface area contributed by atoms with Crippen LogP contribution >= 0.6 is 0 Å². The Bertz CT molecular complexity index is 399. The summed E-state index contributed by atoms with van der Waals surface area (Å²) < 4.78 is 4.98. The predicted molar refractivity (Wildman–Crippen MR) is 71.5 cm³/mol. The molecule has 0 bridgehead atoms. The fourth-order valence-corrected chi connectivity index (χ4v) is 2.43. The van der Waals surface area contributed by atoms with E-state index in [1.54, 1.807) is 0 Å². The smallest absolute Gasteiger partial charge is 0.338 e. The van der Waals surface area contributed by atoms with E-state index < -0.39 is 0 Å². The summed E-state index contributed by atoms with van der Waals surface area (Å²) in [6, 6.07) is 8.19. The van der Waals surface area contributed by atoms with E-state index in [2.05, 4.69) is 12.2 Å². The van der Waals surface area contributed by atoms with E-state index in [0.29, 0.717) is 18.2 Å². The van der Waals surface area contributed by atoms with Crippen molar-refractivity contribution in [2.75, 3.05) is 13.2 Å². The number of carbonyl (C=O) groups is 1. The van der Waals surface area contributed by atoms with Gasteiger partial charge in [0.2, 0.25) is 0 Å². The zero-order valence-electron chi connectivity index (χ0n) is 11.1. The van der Waals surface area contributed by atoms with Gasteiger partial charge in [-0.25, -0.2) is 4.79 Å². The molecule has 1 fully saturated rings. The third-order valence-corrected chi connectivity index (χ3v) is 3.49. The van der Waals surface area contributed by atoms with Crippen LogP contribution in [0.3, 0.4) is 0 Å². The van der Waals surface area contributed by atoms with Gasteiger partial charge in [0.1, 0.15) is 0 Å².